The fraction of sp³-hybridized carbons (Fsp3) is 0.193. The van der Waals surface area contributed by atoms with Crippen LogP contribution in [0.5, 0.6) is 0 Å². The van der Waals surface area contributed by atoms with Crippen molar-refractivity contribution < 1.29 is 0 Å². The Bertz CT molecular complexity index is 2370. The Hall–Kier alpha value is -6.78. The van der Waals surface area contributed by atoms with Crippen LogP contribution in [0.15, 0.2) is 194 Å². The van der Waals surface area contributed by atoms with Gasteiger partial charge in [-0.2, -0.15) is 0 Å². The zero-order valence-corrected chi connectivity index (χ0v) is 37.0. The molecule has 0 aliphatic heterocycles. The quantitative estimate of drug-likeness (QED) is 0.114. The third kappa shape index (κ3) is 8.36. The van der Waals surface area contributed by atoms with Crippen LogP contribution in [0.3, 0.4) is 0 Å². The second-order valence-electron chi connectivity index (χ2n) is 17.2. The SMILES string of the molecule is CN(C)c1ccc(-c2ccc(C(C3=CCC(c4ccc(N(C)C)cc4)C=C3)(c3ccc(-c4ccc(N(C)C)cc4)cc3)c3ccc(-c4ccc(N(C)C)cc4)cc3)cc2)cc1. The number of allylic oxidation sites excluding steroid dienone is 4. The monoisotopic (exact) mass is 798 g/mol. The van der Waals surface area contributed by atoms with E-state index in [0.29, 0.717) is 5.92 Å². The van der Waals surface area contributed by atoms with Crippen molar-refractivity contribution in [2.45, 2.75) is 17.8 Å². The van der Waals surface area contributed by atoms with Gasteiger partial charge in [0.1, 0.15) is 0 Å². The largest absolute Gasteiger partial charge is 0.378 e. The van der Waals surface area contributed by atoms with E-state index in [0.717, 1.165) is 6.42 Å². The lowest BCUT2D eigenvalue weighted by atomic mass is 9.63. The molecule has 0 N–H and O–H groups in total. The smallest absolute Gasteiger partial charge is 0.0698 e. The summed E-state index contributed by atoms with van der Waals surface area (Å²) in [4.78, 5) is 8.59. The van der Waals surface area contributed by atoms with Crippen LogP contribution in [0, 0.1) is 0 Å². The third-order valence-corrected chi connectivity index (χ3v) is 12.5. The summed E-state index contributed by atoms with van der Waals surface area (Å²) in [6.07, 6.45) is 8.25. The molecule has 0 heterocycles. The standard InChI is InChI=1S/C57H58N4/c1-58(2)53-33-17-45(18-34-53)41-9-25-49(26-10-41)57(50-27-11-42(12-28-50)46-19-35-54(36-20-46)59(3)4,51-29-13-43(14-30-51)47-21-37-55(38-22-47)60(5)6)52-31-15-44(16-32-52)48-23-39-56(40-24-48)61(7)8/h9-15,17-40,44H,16H2,1-8H3. The Kier molecular flexibility index (Phi) is 11.7. The molecule has 0 radical (unpaired) electrons. The number of nitrogens with zero attached hydrogens (tertiary/aromatic N) is 4. The highest BCUT2D eigenvalue weighted by molar-refractivity contribution is 5.73. The summed E-state index contributed by atoms with van der Waals surface area (Å²) >= 11 is 0. The van der Waals surface area contributed by atoms with Gasteiger partial charge in [0.05, 0.1) is 5.41 Å². The highest BCUT2D eigenvalue weighted by Gasteiger charge is 2.40. The molecule has 61 heavy (non-hydrogen) atoms. The van der Waals surface area contributed by atoms with Crippen LogP contribution in [0.1, 0.15) is 34.6 Å². The number of rotatable bonds is 12. The van der Waals surface area contributed by atoms with Crippen LogP contribution in [0.25, 0.3) is 33.4 Å². The van der Waals surface area contributed by atoms with E-state index in [4.69, 9.17) is 0 Å². The zero-order valence-electron chi connectivity index (χ0n) is 37.0. The van der Waals surface area contributed by atoms with Crippen LogP contribution in [-0.4, -0.2) is 56.4 Å². The number of hydrogen-bond acceptors (Lipinski definition) is 4. The van der Waals surface area contributed by atoms with Crippen LogP contribution >= 0.6 is 0 Å². The fourth-order valence-corrected chi connectivity index (χ4v) is 8.76. The van der Waals surface area contributed by atoms with E-state index >= 15 is 0 Å². The molecule has 4 nitrogen and oxygen atoms in total. The first-order chi connectivity index (χ1) is 29.5. The molecule has 7 aromatic carbocycles. The predicted octanol–water partition coefficient (Wildman–Crippen LogP) is 13.0. The minimum Gasteiger partial charge on any atom is -0.378 e. The van der Waals surface area contributed by atoms with Gasteiger partial charge >= 0.3 is 0 Å². The van der Waals surface area contributed by atoms with Gasteiger partial charge in [0, 0.05) is 85.0 Å². The van der Waals surface area contributed by atoms with Crippen molar-refractivity contribution in [3.05, 3.63) is 216 Å². The van der Waals surface area contributed by atoms with Gasteiger partial charge in [0.15, 0.2) is 0 Å². The van der Waals surface area contributed by atoms with E-state index in [-0.39, 0.29) is 0 Å². The van der Waals surface area contributed by atoms with Crippen molar-refractivity contribution in [2.24, 2.45) is 0 Å². The van der Waals surface area contributed by atoms with Gasteiger partial charge in [-0.1, -0.05) is 140 Å². The van der Waals surface area contributed by atoms with Gasteiger partial charge < -0.3 is 19.6 Å². The summed E-state index contributed by atoms with van der Waals surface area (Å²) in [5.41, 5.74) is 17.7. The summed E-state index contributed by atoms with van der Waals surface area (Å²) in [5.74, 6) is 0.296. The molecular weight excluding hydrogens is 741 g/mol. The molecule has 1 aliphatic rings. The molecule has 1 atom stereocenters. The number of benzene rings is 7. The first-order valence-electron chi connectivity index (χ1n) is 21.3. The van der Waals surface area contributed by atoms with E-state index in [1.54, 1.807) is 0 Å². The van der Waals surface area contributed by atoms with Gasteiger partial charge in [0.25, 0.3) is 0 Å². The Balaban J connectivity index is 1.27. The maximum Gasteiger partial charge on any atom is 0.0698 e. The van der Waals surface area contributed by atoms with Crippen LogP contribution in [0.2, 0.25) is 0 Å². The normalized spacial score (nSPS) is 13.7. The fourth-order valence-electron chi connectivity index (χ4n) is 8.76. The molecule has 7 aromatic rings. The van der Waals surface area contributed by atoms with Crippen molar-refractivity contribution in [1.82, 2.24) is 0 Å². The molecule has 0 aromatic heterocycles. The Morgan fingerprint density at radius 3 is 0.852 bits per heavy atom. The van der Waals surface area contributed by atoms with Crippen LogP contribution < -0.4 is 19.6 Å². The number of anilines is 4. The van der Waals surface area contributed by atoms with Gasteiger partial charge in [-0.25, -0.2) is 0 Å². The molecule has 0 amide bonds. The van der Waals surface area contributed by atoms with E-state index in [2.05, 4.69) is 264 Å². The van der Waals surface area contributed by atoms with Crippen molar-refractivity contribution in [3.63, 3.8) is 0 Å². The molecule has 0 bridgehead atoms. The average molecular weight is 799 g/mol. The molecule has 8 rings (SSSR count). The lowest BCUT2D eigenvalue weighted by Crippen LogP contribution is -2.32. The second kappa shape index (κ2) is 17.4. The summed E-state index contributed by atoms with van der Waals surface area (Å²) in [6, 6.07) is 63.5. The van der Waals surface area contributed by atoms with Crippen LogP contribution in [0.4, 0.5) is 22.7 Å². The minimum absolute atomic E-state index is 0.296. The molecule has 0 saturated carbocycles. The molecule has 306 valence electrons. The lowest BCUT2D eigenvalue weighted by Gasteiger charge is -2.39. The molecule has 0 saturated heterocycles. The lowest BCUT2D eigenvalue weighted by molar-refractivity contribution is 0.717. The zero-order chi connectivity index (χ0) is 42.7. The first-order valence-corrected chi connectivity index (χ1v) is 21.3. The Morgan fingerprint density at radius 1 is 0.344 bits per heavy atom. The summed E-state index contributed by atoms with van der Waals surface area (Å²) in [6.45, 7) is 0. The maximum atomic E-state index is 2.50. The Labute approximate surface area is 364 Å². The van der Waals surface area contributed by atoms with Gasteiger partial charge in [-0.05, 0) is 116 Å². The first kappa shape index (κ1) is 41.0. The Morgan fingerprint density at radius 2 is 0.607 bits per heavy atom. The van der Waals surface area contributed by atoms with Crippen molar-refractivity contribution in [2.75, 3.05) is 76.0 Å². The minimum atomic E-state index is -0.593. The van der Waals surface area contributed by atoms with E-state index in [1.807, 2.05) is 0 Å². The van der Waals surface area contributed by atoms with Crippen molar-refractivity contribution in [3.8, 4) is 33.4 Å². The number of hydrogen-bond donors (Lipinski definition) is 0. The van der Waals surface area contributed by atoms with E-state index < -0.39 is 5.41 Å². The van der Waals surface area contributed by atoms with Crippen LogP contribution in [-0.2, 0) is 5.41 Å². The third-order valence-electron chi connectivity index (χ3n) is 12.5. The highest BCUT2D eigenvalue weighted by atomic mass is 15.1. The molecule has 4 heteroatoms. The van der Waals surface area contributed by atoms with Gasteiger partial charge in [-0.15, -0.1) is 0 Å². The topological polar surface area (TPSA) is 13.0 Å². The van der Waals surface area contributed by atoms with E-state index in [9.17, 15) is 0 Å². The second-order valence-corrected chi connectivity index (χ2v) is 17.2. The molecular formula is C57H58N4. The molecule has 0 spiro atoms. The molecule has 1 aliphatic carbocycles. The van der Waals surface area contributed by atoms with Crippen molar-refractivity contribution in [1.29, 1.82) is 0 Å². The maximum absolute atomic E-state index is 2.50. The summed E-state index contributed by atoms with van der Waals surface area (Å²) < 4.78 is 0. The highest BCUT2D eigenvalue weighted by Crippen LogP contribution is 2.49. The summed E-state index contributed by atoms with van der Waals surface area (Å²) in [5, 5.41) is 0. The van der Waals surface area contributed by atoms with Gasteiger partial charge in [-0.3, -0.25) is 0 Å². The predicted molar refractivity (Wildman–Crippen MR) is 264 cm³/mol. The average Bonchev–Trinajstić information content (AvgIpc) is 3.30. The summed E-state index contributed by atoms with van der Waals surface area (Å²) in [7, 11) is 16.7. The molecule has 1 unspecified atom stereocenters. The molecule has 0 fully saturated rings. The van der Waals surface area contributed by atoms with Gasteiger partial charge in [0.2, 0.25) is 0 Å². The van der Waals surface area contributed by atoms with E-state index in [1.165, 1.54) is 84.0 Å². The van der Waals surface area contributed by atoms with Crippen molar-refractivity contribution >= 4 is 22.7 Å².